The number of pyridine rings is 1. The predicted octanol–water partition coefficient (Wildman–Crippen LogP) is 2.27. The molecule has 0 amide bonds. The number of aryl methyl sites for hydroxylation is 1. The van der Waals surface area contributed by atoms with Crippen LogP contribution in [0.25, 0.3) is 0 Å². The summed E-state index contributed by atoms with van der Waals surface area (Å²) in [4.78, 5) is 4.18. The van der Waals surface area contributed by atoms with E-state index in [-0.39, 0.29) is 5.54 Å². The van der Waals surface area contributed by atoms with Gasteiger partial charge in [-0.15, -0.1) is 0 Å². The van der Waals surface area contributed by atoms with Crippen molar-refractivity contribution in [3.05, 3.63) is 28.5 Å². The van der Waals surface area contributed by atoms with Crippen molar-refractivity contribution in [3.63, 3.8) is 0 Å². The second-order valence-corrected chi connectivity index (χ2v) is 4.66. The van der Waals surface area contributed by atoms with Gasteiger partial charge < -0.3 is 5.73 Å². The number of halogens is 1. The summed E-state index contributed by atoms with van der Waals surface area (Å²) in [5.41, 5.74) is 7.43. The van der Waals surface area contributed by atoms with Crippen molar-refractivity contribution in [2.24, 2.45) is 5.73 Å². The molecule has 13 heavy (non-hydrogen) atoms. The number of aromatic nitrogens is 1. The first-order chi connectivity index (χ1) is 6.18. The molecule has 0 spiro atoms. The summed E-state index contributed by atoms with van der Waals surface area (Å²) in [6.45, 7) is 0. The summed E-state index contributed by atoms with van der Waals surface area (Å²) in [7, 11) is 0. The van der Waals surface area contributed by atoms with Crippen LogP contribution in [0.3, 0.4) is 0 Å². The Balaban J connectivity index is 1.91. The van der Waals surface area contributed by atoms with Crippen LogP contribution in [0.4, 0.5) is 0 Å². The first-order valence-corrected chi connectivity index (χ1v) is 5.37. The molecule has 3 heteroatoms. The molecule has 0 unspecified atom stereocenters. The van der Waals surface area contributed by atoms with E-state index in [1.807, 2.05) is 12.3 Å². The number of hydrogen-bond donors (Lipinski definition) is 1. The van der Waals surface area contributed by atoms with E-state index in [0.717, 1.165) is 17.4 Å². The highest BCUT2D eigenvalue weighted by Gasteiger charge is 2.37. The van der Waals surface area contributed by atoms with Gasteiger partial charge >= 0.3 is 0 Å². The number of rotatable bonds is 3. The lowest BCUT2D eigenvalue weighted by Gasteiger charge is -2.07. The smallest absolute Gasteiger partial charge is 0.106 e. The molecule has 2 rings (SSSR count). The monoisotopic (exact) mass is 240 g/mol. The van der Waals surface area contributed by atoms with Crippen molar-refractivity contribution in [1.82, 2.24) is 4.98 Å². The zero-order valence-electron chi connectivity index (χ0n) is 7.46. The van der Waals surface area contributed by atoms with Gasteiger partial charge in [0.05, 0.1) is 0 Å². The Hall–Kier alpha value is -0.410. The Bertz CT molecular complexity index is 290. The lowest BCUT2D eigenvalue weighted by Crippen LogP contribution is -2.22. The molecule has 1 aliphatic rings. The van der Waals surface area contributed by atoms with Crippen molar-refractivity contribution >= 4 is 15.9 Å². The van der Waals surface area contributed by atoms with E-state index < -0.39 is 0 Å². The SMILES string of the molecule is NC1(CCc2ccc(Br)nc2)CC1. The Kier molecular flexibility index (Phi) is 2.39. The van der Waals surface area contributed by atoms with Crippen molar-refractivity contribution < 1.29 is 0 Å². The van der Waals surface area contributed by atoms with Crippen LogP contribution in [-0.4, -0.2) is 10.5 Å². The maximum atomic E-state index is 5.99. The second-order valence-electron chi connectivity index (χ2n) is 3.85. The normalized spacial score (nSPS) is 18.6. The third-order valence-electron chi connectivity index (χ3n) is 2.59. The molecule has 0 saturated heterocycles. The highest BCUT2D eigenvalue weighted by molar-refractivity contribution is 9.10. The van der Waals surface area contributed by atoms with Gasteiger partial charge in [-0.3, -0.25) is 0 Å². The summed E-state index contributed by atoms with van der Waals surface area (Å²) in [5, 5.41) is 0. The van der Waals surface area contributed by atoms with E-state index in [4.69, 9.17) is 5.73 Å². The van der Waals surface area contributed by atoms with Gasteiger partial charge in [-0.2, -0.15) is 0 Å². The van der Waals surface area contributed by atoms with Gasteiger partial charge in [0.15, 0.2) is 0 Å². The van der Waals surface area contributed by atoms with Crippen LogP contribution in [-0.2, 0) is 6.42 Å². The molecule has 1 fully saturated rings. The summed E-state index contributed by atoms with van der Waals surface area (Å²) < 4.78 is 0.894. The largest absolute Gasteiger partial charge is 0.325 e. The predicted molar refractivity (Wildman–Crippen MR) is 56.4 cm³/mol. The fourth-order valence-corrected chi connectivity index (χ4v) is 1.59. The maximum absolute atomic E-state index is 5.99. The van der Waals surface area contributed by atoms with E-state index in [1.54, 1.807) is 0 Å². The van der Waals surface area contributed by atoms with Gasteiger partial charge in [-0.25, -0.2) is 4.98 Å². The first-order valence-electron chi connectivity index (χ1n) is 4.57. The molecule has 2 N–H and O–H groups in total. The van der Waals surface area contributed by atoms with Crippen molar-refractivity contribution in [2.75, 3.05) is 0 Å². The minimum absolute atomic E-state index is 0.160. The number of nitrogens with zero attached hydrogens (tertiary/aromatic N) is 1. The summed E-state index contributed by atoms with van der Waals surface area (Å²) in [5.74, 6) is 0. The molecule has 0 atom stereocenters. The standard InChI is InChI=1S/C10H13BrN2/c11-9-2-1-8(7-13-9)3-4-10(12)5-6-10/h1-2,7H,3-6,12H2. The van der Waals surface area contributed by atoms with Gasteiger partial charge in [0.25, 0.3) is 0 Å². The molecular weight excluding hydrogens is 228 g/mol. The maximum Gasteiger partial charge on any atom is 0.106 e. The molecule has 0 bridgehead atoms. The van der Waals surface area contributed by atoms with Crippen LogP contribution in [0.2, 0.25) is 0 Å². The van der Waals surface area contributed by atoms with Crippen LogP contribution in [0.5, 0.6) is 0 Å². The highest BCUT2D eigenvalue weighted by Crippen LogP contribution is 2.36. The molecule has 1 aliphatic carbocycles. The highest BCUT2D eigenvalue weighted by atomic mass is 79.9. The van der Waals surface area contributed by atoms with Gasteiger partial charge in [-0.05, 0) is 53.2 Å². The van der Waals surface area contributed by atoms with E-state index in [2.05, 4.69) is 27.0 Å². The average molecular weight is 241 g/mol. The summed E-state index contributed by atoms with van der Waals surface area (Å²) in [6.07, 6.45) is 6.44. The van der Waals surface area contributed by atoms with Crippen LogP contribution in [0.1, 0.15) is 24.8 Å². The van der Waals surface area contributed by atoms with E-state index in [1.165, 1.54) is 18.4 Å². The average Bonchev–Trinajstić information content (AvgIpc) is 2.84. The third kappa shape index (κ3) is 2.51. The molecule has 2 nitrogen and oxygen atoms in total. The van der Waals surface area contributed by atoms with Crippen LogP contribution in [0, 0.1) is 0 Å². The first kappa shape index (κ1) is 9.16. The number of nitrogens with two attached hydrogens (primary N) is 1. The fraction of sp³-hybridized carbons (Fsp3) is 0.500. The second kappa shape index (κ2) is 3.39. The molecule has 0 aliphatic heterocycles. The lowest BCUT2D eigenvalue weighted by atomic mass is 10.1. The minimum Gasteiger partial charge on any atom is -0.325 e. The Morgan fingerprint density at radius 2 is 2.23 bits per heavy atom. The molecule has 1 aromatic heterocycles. The van der Waals surface area contributed by atoms with Gasteiger partial charge in [0.2, 0.25) is 0 Å². The zero-order valence-corrected chi connectivity index (χ0v) is 9.05. The van der Waals surface area contributed by atoms with E-state index in [0.29, 0.717) is 0 Å². The van der Waals surface area contributed by atoms with Crippen LogP contribution >= 0.6 is 15.9 Å². The Morgan fingerprint density at radius 3 is 2.77 bits per heavy atom. The molecule has 0 aromatic carbocycles. The van der Waals surface area contributed by atoms with E-state index >= 15 is 0 Å². The van der Waals surface area contributed by atoms with Gasteiger partial charge in [0.1, 0.15) is 4.60 Å². The lowest BCUT2D eigenvalue weighted by molar-refractivity contribution is 0.608. The third-order valence-corrected chi connectivity index (χ3v) is 3.06. The molecule has 0 radical (unpaired) electrons. The Labute approximate surface area is 86.7 Å². The minimum atomic E-state index is 0.160. The molecule has 70 valence electrons. The molecular formula is C10H13BrN2. The molecule has 1 heterocycles. The van der Waals surface area contributed by atoms with Crippen molar-refractivity contribution in [2.45, 2.75) is 31.2 Å². The Morgan fingerprint density at radius 1 is 1.46 bits per heavy atom. The summed E-state index contributed by atoms with van der Waals surface area (Å²) in [6, 6.07) is 4.08. The van der Waals surface area contributed by atoms with E-state index in [9.17, 15) is 0 Å². The van der Waals surface area contributed by atoms with Gasteiger partial charge in [0, 0.05) is 11.7 Å². The number of hydrogen-bond acceptors (Lipinski definition) is 2. The quantitative estimate of drug-likeness (QED) is 0.824. The molecule has 1 aromatic rings. The summed E-state index contributed by atoms with van der Waals surface area (Å²) >= 11 is 3.31. The van der Waals surface area contributed by atoms with Crippen molar-refractivity contribution in [1.29, 1.82) is 0 Å². The zero-order chi connectivity index (χ0) is 9.31. The van der Waals surface area contributed by atoms with Gasteiger partial charge in [-0.1, -0.05) is 6.07 Å². The molecule has 1 saturated carbocycles. The fourth-order valence-electron chi connectivity index (χ4n) is 1.36. The van der Waals surface area contributed by atoms with Crippen molar-refractivity contribution in [3.8, 4) is 0 Å². The van der Waals surface area contributed by atoms with Crippen LogP contribution in [0.15, 0.2) is 22.9 Å². The topological polar surface area (TPSA) is 38.9 Å². The van der Waals surface area contributed by atoms with Crippen LogP contribution < -0.4 is 5.73 Å².